The van der Waals surface area contributed by atoms with Gasteiger partial charge in [-0.2, -0.15) is 0 Å². The van der Waals surface area contributed by atoms with E-state index in [1.54, 1.807) is 24.8 Å². The van der Waals surface area contributed by atoms with E-state index in [0.29, 0.717) is 5.02 Å². The van der Waals surface area contributed by atoms with Crippen molar-refractivity contribution in [1.29, 1.82) is 0 Å². The van der Waals surface area contributed by atoms with Crippen LogP contribution < -0.4 is 5.32 Å². The van der Waals surface area contributed by atoms with Crippen LogP contribution in [0.25, 0.3) is 16.9 Å². The molecule has 4 aromatic rings. The zero-order valence-electron chi connectivity index (χ0n) is 12.0. The van der Waals surface area contributed by atoms with Gasteiger partial charge in [-0.3, -0.25) is 14.4 Å². The molecule has 1 aromatic carbocycles. The fraction of sp³-hybridized carbons (Fsp3) is 0. The fourth-order valence-corrected chi connectivity index (χ4v) is 2.62. The molecule has 0 saturated carbocycles. The van der Waals surface area contributed by atoms with Crippen LogP contribution in [0, 0.1) is 0 Å². The molecule has 23 heavy (non-hydrogen) atoms. The van der Waals surface area contributed by atoms with Gasteiger partial charge in [0.2, 0.25) is 0 Å². The molecular weight excluding hydrogens is 310 g/mol. The lowest BCUT2D eigenvalue weighted by atomic mass is 10.2. The summed E-state index contributed by atoms with van der Waals surface area (Å²) < 4.78 is 1.95. The molecular formula is C17H12ClN5. The number of imidazole rings is 1. The van der Waals surface area contributed by atoms with E-state index < -0.39 is 0 Å². The van der Waals surface area contributed by atoms with Gasteiger partial charge in [0.1, 0.15) is 11.5 Å². The van der Waals surface area contributed by atoms with E-state index in [2.05, 4.69) is 20.3 Å². The molecule has 3 aromatic heterocycles. The van der Waals surface area contributed by atoms with Gasteiger partial charge in [0.05, 0.1) is 6.20 Å². The van der Waals surface area contributed by atoms with E-state index in [-0.39, 0.29) is 0 Å². The number of nitrogens with zero attached hydrogens (tertiary/aromatic N) is 4. The monoisotopic (exact) mass is 321 g/mol. The van der Waals surface area contributed by atoms with Crippen LogP contribution in [0.4, 0.5) is 11.5 Å². The predicted octanol–water partition coefficient (Wildman–Crippen LogP) is 4.19. The predicted molar refractivity (Wildman–Crippen MR) is 91.0 cm³/mol. The van der Waals surface area contributed by atoms with Crippen LogP contribution in [0.1, 0.15) is 0 Å². The number of pyridine rings is 1. The van der Waals surface area contributed by atoms with Crippen molar-refractivity contribution < 1.29 is 0 Å². The Hall–Kier alpha value is -2.92. The minimum atomic E-state index is 0.674. The number of halogens is 1. The summed E-state index contributed by atoms with van der Waals surface area (Å²) in [4.78, 5) is 13.0. The van der Waals surface area contributed by atoms with Crippen LogP contribution in [-0.2, 0) is 0 Å². The van der Waals surface area contributed by atoms with E-state index >= 15 is 0 Å². The highest BCUT2D eigenvalue weighted by Crippen LogP contribution is 2.30. The second-order valence-corrected chi connectivity index (χ2v) is 5.43. The van der Waals surface area contributed by atoms with Crippen molar-refractivity contribution in [3.63, 3.8) is 0 Å². The van der Waals surface area contributed by atoms with Crippen LogP contribution >= 0.6 is 11.6 Å². The van der Waals surface area contributed by atoms with Gasteiger partial charge in [-0.25, -0.2) is 4.98 Å². The van der Waals surface area contributed by atoms with Crippen molar-refractivity contribution in [2.24, 2.45) is 0 Å². The molecule has 1 N–H and O–H groups in total. The van der Waals surface area contributed by atoms with Gasteiger partial charge < -0.3 is 5.32 Å². The van der Waals surface area contributed by atoms with Gasteiger partial charge >= 0.3 is 0 Å². The molecule has 0 unspecified atom stereocenters. The molecule has 0 fully saturated rings. The first kappa shape index (κ1) is 13.7. The van der Waals surface area contributed by atoms with Crippen molar-refractivity contribution in [1.82, 2.24) is 19.4 Å². The second-order valence-electron chi connectivity index (χ2n) is 4.99. The topological polar surface area (TPSA) is 55.1 Å². The average molecular weight is 322 g/mol. The minimum Gasteiger partial charge on any atom is -0.339 e. The molecule has 6 heteroatoms. The summed E-state index contributed by atoms with van der Waals surface area (Å²) in [6, 6.07) is 11.4. The van der Waals surface area contributed by atoms with Crippen LogP contribution in [-0.4, -0.2) is 19.4 Å². The highest BCUT2D eigenvalue weighted by Gasteiger charge is 2.14. The Labute approximate surface area is 137 Å². The summed E-state index contributed by atoms with van der Waals surface area (Å²) in [5.41, 5.74) is 3.39. The molecule has 0 aliphatic heterocycles. The Kier molecular flexibility index (Phi) is 3.40. The van der Waals surface area contributed by atoms with Gasteiger partial charge in [-0.1, -0.05) is 17.7 Å². The normalized spacial score (nSPS) is 10.8. The van der Waals surface area contributed by atoms with E-state index in [1.165, 1.54) is 0 Å². The van der Waals surface area contributed by atoms with E-state index in [0.717, 1.165) is 28.4 Å². The zero-order valence-corrected chi connectivity index (χ0v) is 12.8. The summed E-state index contributed by atoms with van der Waals surface area (Å²) in [5.74, 6) is 0.845. The molecule has 3 heterocycles. The second kappa shape index (κ2) is 5.70. The SMILES string of the molecule is Clc1cccc(Nc2c(-c3cccnc3)nc3cnccn23)c1. The third-order valence-electron chi connectivity index (χ3n) is 3.45. The maximum atomic E-state index is 6.08. The largest absolute Gasteiger partial charge is 0.339 e. The lowest BCUT2D eigenvalue weighted by Gasteiger charge is -2.09. The minimum absolute atomic E-state index is 0.674. The molecule has 0 aliphatic carbocycles. The molecule has 0 aliphatic rings. The van der Waals surface area contributed by atoms with Crippen molar-refractivity contribution >= 4 is 28.8 Å². The molecule has 0 radical (unpaired) electrons. The number of anilines is 2. The number of rotatable bonds is 3. The van der Waals surface area contributed by atoms with Gasteiger partial charge in [-0.15, -0.1) is 0 Å². The van der Waals surface area contributed by atoms with E-state index in [4.69, 9.17) is 11.6 Å². The lowest BCUT2D eigenvalue weighted by Crippen LogP contribution is -1.97. The maximum Gasteiger partial charge on any atom is 0.157 e. The number of aromatic nitrogens is 4. The third kappa shape index (κ3) is 2.62. The fourth-order valence-electron chi connectivity index (χ4n) is 2.43. The lowest BCUT2D eigenvalue weighted by molar-refractivity contribution is 1.13. The summed E-state index contributed by atoms with van der Waals surface area (Å²) in [6.45, 7) is 0. The van der Waals surface area contributed by atoms with Crippen molar-refractivity contribution in [3.05, 3.63) is 72.4 Å². The molecule has 0 atom stereocenters. The van der Waals surface area contributed by atoms with Crippen molar-refractivity contribution in [2.75, 3.05) is 5.32 Å². The first-order valence-corrected chi connectivity index (χ1v) is 7.44. The van der Waals surface area contributed by atoms with Crippen LogP contribution in [0.5, 0.6) is 0 Å². The molecule has 0 bridgehead atoms. The molecule has 0 saturated heterocycles. The Morgan fingerprint density at radius 2 is 1.91 bits per heavy atom. The summed E-state index contributed by atoms with van der Waals surface area (Å²) in [7, 11) is 0. The Morgan fingerprint density at radius 3 is 2.74 bits per heavy atom. The standard InChI is InChI=1S/C17H12ClN5/c18-13-4-1-5-14(9-13)21-17-16(12-3-2-6-19-10-12)22-15-11-20-7-8-23(15)17/h1-11,21H. The Balaban J connectivity index is 1.89. The van der Waals surface area contributed by atoms with E-state index in [9.17, 15) is 0 Å². The molecule has 5 nitrogen and oxygen atoms in total. The first-order valence-electron chi connectivity index (χ1n) is 7.06. The number of hydrogen-bond donors (Lipinski definition) is 1. The number of nitrogens with one attached hydrogen (secondary N) is 1. The number of hydrogen-bond acceptors (Lipinski definition) is 4. The van der Waals surface area contributed by atoms with Gasteiger partial charge in [0.25, 0.3) is 0 Å². The molecule has 4 rings (SSSR count). The van der Waals surface area contributed by atoms with Gasteiger partial charge in [0, 0.05) is 41.1 Å². The molecule has 112 valence electrons. The Bertz CT molecular complexity index is 965. The highest BCUT2D eigenvalue weighted by atomic mass is 35.5. The number of fused-ring (bicyclic) bond motifs is 1. The molecule has 0 spiro atoms. The molecule has 0 amide bonds. The highest BCUT2D eigenvalue weighted by molar-refractivity contribution is 6.30. The summed E-state index contributed by atoms with van der Waals surface area (Å²) >= 11 is 6.08. The summed E-state index contributed by atoms with van der Waals surface area (Å²) in [5, 5.41) is 4.07. The number of benzene rings is 1. The smallest absolute Gasteiger partial charge is 0.157 e. The van der Waals surface area contributed by atoms with Crippen LogP contribution in [0.3, 0.4) is 0 Å². The average Bonchev–Trinajstić information content (AvgIpc) is 2.95. The Morgan fingerprint density at radius 1 is 1.00 bits per heavy atom. The van der Waals surface area contributed by atoms with Crippen molar-refractivity contribution in [2.45, 2.75) is 0 Å². The summed E-state index contributed by atoms with van der Waals surface area (Å²) in [6.07, 6.45) is 8.85. The van der Waals surface area contributed by atoms with Gasteiger partial charge in [0.15, 0.2) is 5.65 Å². The van der Waals surface area contributed by atoms with Crippen molar-refractivity contribution in [3.8, 4) is 11.3 Å². The third-order valence-corrected chi connectivity index (χ3v) is 3.69. The van der Waals surface area contributed by atoms with Crippen LogP contribution in [0.2, 0.25) is 5.02 Å². The maximum absolute atomic E-state index is 6.08. The quantitative estimate of drug-likeness (QED) is 0.614. The van der Waals surface area contributed by atoms with Crippen LogP contribution in [0.15, 0.2) is 67.4 Å². The first-order chi connectivity index (χ1) is 11.3. The van der Waals surface area contributed by atoms with Gasteiger partial charge in [-0.05, 0) is 30.3 Å². The van der Waals surface area contributed by atoms with E-state index in [1.807, 2.05) is 47.0 Å². The zero-order chi connectivity index (χ0) is 15.6.